The standard InChI is InChI=1S/C30H28N4O4/c1-6-14-37-25-9-7-8-24-26(25)27(21-12-10-20(11-13-21)18(2)3)34-28(33-24)29(35)32-23-15-22(16-31-17-23)30(36)38-19(4)5/h1,7-13,15-19H,14H2,2-5H3,(H,32,35). The van der Waals surface area contributed by atoms with Crippen LogP contribution in [-0.4, -0.2) is 39.5 Å². The lowest BCUT2D eigenvalue weighted by molar-refractivity contribution is 0.0377. The molecule has 0 aliphatic rings. The molecule has 2 heterocycles. The number of hydrogen-bond acceptors (Lipinski definition) is 7. The first-order valence-corrected chi connectivity index (χ1v) is 12.2. The number of benzene rings is 2. The van der Waals surface area contributed by atoms with E-state index in [1.807, 2.05) is 24.3 Å². The van der Waals surface area contributed by atoms with Crippen LogP contribution in [0.25, 0.3) is 22.2 Å². The van der Waals surface area contributed by atoms with Gasteiger partial charge in [-0.2, -0.15) is 0 Å². The van der Waals surface area contributed by atoms with E-state index < -0.39 is 11.9 Å². The molecule has 1 amide bonds. The van der Waals surface area contributed by atoms with Gasteiger partial charge in [0.15, 0.2) is 0 Å². The van der Waals surface area contributed by atoms with Crippen molar-refractivity contribution in [2.75, 3.05) is 11.9 Å². The molecule has 2 aromatic heterocycles. The second kappa shape index (κ2) is 11.5. The van der Waals surface area contributed by atoms with E-state index in [-0.39, 0.29) is 24.1 Å². The Balaban J connectivity index is 1.75. The average molecular weight is 509 g/mol. The van der Waals surface area contributed by atoms with Crippen LogP contribution in [0.5, 0.6) is 5.75 Å². The minimum atomic E-state index is -0.557. The highest BCUT2D eigenvalue weighted by Crippen LogP contribution is 2.34. The van der Waals surface area contributed by atoms with Crippen LogP contribution >= 0.6 is 0 Å². The number of pyridine rings is 1. The summed E-state index contributed by atoms with van der Waals surface area (Å²) in [6, 6.07) is 14.8. The summed E-state index contributed by atoms with van der Waals surface area (Å²) in [5.74, 6) is 2.22. The van der Waals surface area contributed by atoms with Crippen LogP contribution in [0.1, 0.15) is 60.2 Å². The fourth-order valence-corrected chi connectivity index (χ4v) is 3.82. The van der Waals surface area contributed by atoms with E-state index in [1.165, 1.54) is 24.0 Å². The smallest absolute Gasteiger partial charge is 0.340 e. The summed E-state index contributed by atoms with van der Waals surface area (Å²) in [6.07, 6.45) is 7.94. The molecule has 2 aromatic carbocycles. The molecule has 4 aromatic rings. The van der Waals surface area contributed by atoms with E-state index >= 15 is 0 Å². The van der Waals surface area contributed by atoms with Crippen LogP contribution in [-0.2, 0) is 4.74 Å². The predicted octanol–water partition coefficient (Wildman–Crippen LogP) is 5.64. The molecule has 8 heteroatoms. The molecule has 0 spiro atoms. The zero-order valence-electron chi connectivity index (χ0n) is 21.7. The van der Waals surface area contributed by atoms with Gasteiger partial charge in [-0.05, 0) is 43.5 Å². The van der Waals surface area contributed by atoms with Crippen molar-refractivity contribution in [2.45, 2.75) is 39.7 Å². The third-order valence-electron chi connectivity index (χ3n) is 5.62. The van der Waals surface area contributed by atoms with E-state index in [9.17, 15) is 9.59 Å². The van der Waals surface area contributed by atoms with Gasteiger partial charge in [-0.15, -0.1) is 6.42 Å². The predicted molar refractivity (Wildman–Crippen MR) is 146 cm³/mol. The normalized spacial score (nSPS) is 10.9. The van der Waals surface area contributed by atoms with Gasteiger partial charge in [-0.1, -0.05) is 50.1 Å². The number of anilines is 1. The molecule has 1 N–H and O–H groups in total. The van der Waals surface area contributed by atoms with E-state index in [4.69, 9.17) is 15.9 Å². The minimum Gasteiger partial charge on any atom is -0.480 e. The lowest BCUT2D eigenvalue weighted by Gasteiger charge is -2.14. The summed E-state index contributed by atoms with van der Waals surface area (Å²) < 4.78 is 11.0. The number of nitrogens with zero attached hydrogens (tertiary/aromatic N) is 3. The van der Waals surface area contributed by atoms with Crippen molar-refractivity contribution in [1.82, 2.24) is 15.0 Å². The molecular weight excluding hydrogens is 480 g/mol. The second-order valence-electron chi connectivity index (χ2n) is 9.19. The summed E-state index contributed by atoms with van der Waals surface area (Å²) in [7, 11) is 0. The number of esters is 1. The number of rotatable bonds is 8. The fraction of sp³-hybridized carbons (Fsp3) is 0.233. The average Bonchev–Trinajstić information content (AvgIpc) is 2.91. The Morgan fingerprint density at radius 3 is 2.47 bits per heavy atom. The minimum absolute atomic E-state index is 0.0512. The van der Waals surface area contributed by atoms with Gasteiger partial charge in [0.1, 0.15) is 12.4 Å². The van der Waals surface area contributed by atoms with Crippen LogP contribution in [0, 0.1) is 12.3 Å². The van der Waals surface area contributed by atoms with Gasteiger partial charge in [0.2, 0.25) is 5.82 Å². The molecule has 8 nitrogen and oxygen atoms in total. The number of amides is 1. The Hall–Kier alpha value is -4.77. The maximum atomic E-state index is 13.3. The first-order chi connectivity index (χ1) is 18.3. The highest BCUT2D eigenvalue weighted by atomic mass is 16.5. The van der Waals surface area contributed by atoms with E-state index in [0.29, 0.717) is 34.0 Å². The Kier molecular flexibility index (Phi) is 7.97. The summed E-state index contributed by atoms with van der Waals surface area (Å²) in [5.41, 5.74) is 3.57. The Labute approximate surface area is 221 Å². The maximum Gasteiger partial charge on any atom is 0.340 e. The Bertz CT molecular complexity index is 1520. The lowest BCUT2D eigenvalue weighted by atomic mass is 9.99. The quantitative estimate of drug-likeness (QED) is 0.242. The van der Waals surface area contributed by atoms with Crippen molar-refractivity contribution < 1.29 is 19.1 Å². The van der Waals surface area contributed by atoms with Crippen LogP contribution in [0.3, 0.4) is 0 Å². The molecule has 0 saturated heterocycles. The summed E-state index contributed by atoms with van der Waals surface area (Å²) >= 11 is 0. The fourth-order valence-electron chi connectivity index (χ4n) is 3.82. The molecule has 0 unspecified atom stereocenters. The van der Waals surface area contributed by atoms with Crippen molar-refractivity contribution in [3.8, 4) is 29.4 Å². The van der Waals surface area contributed by atoms with Crippen LogP contribution in [0.15, 0.2) is 60.9 Å². The molecule has 0 atom stereocenters. The van der Waals surface area contributed by atoms with E-state index in [2.05, 4.69) is 40.0 Å². The van der Waals surface area contributed by atoms with Crippen LogP contribution < -0.4 is 10.1 Å². The first kappa shape index (κ1) is 26.3. The number of terminal acetylenes is 1. The number of carbonyl (C=O) groups is 2. The molecule has 38 heavy (non-hydrogen) atoms. The SMILES string of the molecule is C#CCOc1cccc2nc(C(=O)Nc3cncc(C(=O)OC(C)C)c3)nc(-c3ccc(C(C)C)cc3)c12. The molecular formula is C30H28N4O4. The third-order valence-corrected chi connectivity index (χ3v) is 5.62. The van der Waals surface area contributed by atoms with Crippen LogP contribution in [0.2, 0.25) is 0 Å². The van der Waals surface area contributed by atoms with Gasteiger partial charge < -0.3 is 14.8 Å². The molecule has 0 bridgehead atoms. The molecule has 192 valence electrons. The molecule has 0 fully saturated rings. The molecule has 4 rings (SSSR count). The van der Waals surface area contributed by atoms with Crippen molar-refractivity contribution in [3.63, 3.8) is 0 Å². The number of aromatic nitrogens is 3. The van der Waals surface area contributed by atoms with Crippen LogP contribution in [0.4, 0.5) is 5.69 Å². The third kappa shape index (κ3) is 5.95. The van der Waals surface area contributed by atoms with Gasteiger partial charge in [0.05, 0.1) is 40.1 Å². The zero-order valence-corrected chi connectivity index (χ0v) is 21.7. The van der Waals surface area contributed by atoms with E-state index in [1.54, 1.807) is 32.0 Å². The Morgan fingerprint density at radius 1 is 1.03 bits per heavy atom. The summed E-state index contributed by atoms with van der Waals surface area (Å²) in [6.45, 7) is 7.83. The van der Waals surface area contributed by atoms with Crippen molar-refractivity contribution in [2.24, 2.45) is 0 Å². The van der Waals surface area contributed by atoms with Crippen molar-refractivity contribution in [3.05, 3.63) is 77.9 Å². The monoisotopic (exact) mass is 508 g/mol. The largest absolute Gasteiger partial charge is 0.480 e. The van der Waals surface area contributed by atoms with Crippen molar-refractivity contribution >= 4 is 28.5 Å². The lowest BCUT2D eigenvalue weighted by Crippen LogP contribution is -2.17. The van der Waals surface area contributed by atoms with Gasteiger partial charge >= 0.3 is 5.97 Å². The first-order valence-electron chi connectivity index (χ1n) is 12.2. The van der Waals surface area contributed by atoms with Crippen molar-refractivity contribution in [1.29, 1.82) is 0 Å². The molecule has 0 saturated carbocycles. The number of ether oxygens (including phenoxy) is 2. The number of nitrogens with one attached hydrogen (secondary N) is 1. The Morgan fingerprint density at radius 2 is 1.79 bits per heavy atom. The van der Waals surface area contributed by atoms with Gasteiger partial charge in [0, 0.05) is 11.8 Å². The number of fused-ring (bicyclic) bond motifs is 1. The maximum absolute atomic E-state index is 13.3. The molecule has 0 aliphatic carbocycles. The molecule has 0 aliphatic heterocycles. The number of hydrogen-bond donors (Lipinski definition) is 1. The highest BCUT2D eigenvalue weighted by molar-refractivity contribution is 6.05. The van der Waals surface area contributed by atoms with Gasteiger partial charge in [0.25, 0.3) is 5.91 Å². The molecule has 0 radical (unpaired) electrons. The summed E-state index contributed by atoms with van der Waals surface area (Å²) in [5, 5.41) is 3.38. The topological polar surface area (TPSA) is 103 Å². The summed E-state index contributed by atoms with van der Waals surface area (Å²) in [4.78, 5) is 38.7. The zero-order chi connectivity index (χ0) is 27.2. The number of carbonyl (C=O) groups excluding carboxylic acids is 2. The van der Waals surface area contributed by atoms with Gasteiger partial charge in [-0.25, -0.2) is 14.8 Å². The second-order valence-corrected chi connectivity index (χ2v) is 9.19. The highest BCUT2D eigenvalue weighted by Gasteiger charge is 2.19. The van der Waals surface area contributed by atoms with E-state index in [0.717, 1.165) is 5.56 Å². The van der Waals surface area contributed by atoms with Gasteiger partial charge in [-0.3, -0.25) is 9.78 Å².